The van der Waals surface area contributed by atoms with E-state index in [0.717, 1.165) is 35.3 Å². The van der Waals surface area contributed by atoms with Gasteiger partial charge in [0.2, 0.25) is 0 Å². The largest absolute Gasteiger partial charge is 0.494 e. The van der Waals surface area contributed by atoms with Crippen LogP contribution in [-0.4, -0.2) is 46.6 Å². The average Bonchev–Trinajstić information content (AvgIpc) is 3.64. The SMILES string of the molecule is CONC(=O)c1cnc(C(=O)NC2CC2)cc1Nc1cccc(-c2nc3ccccc3n2C)c1OC. The first-order chi connectivity index (χ1) is 17.5. The number of para-hydroxylation sites is 3. The predicted molar refractivity (Wildman–Crippen MR) is 135 cm³/mol. The van der Waals surface area contributed by atoms with Crippen LogP contribution in [0.3, 0.4) is 0 Å². The van der Waals surface area contributed by atoms with Gasteiger partial charge in [-0.25, -0.2) is 10.5 Å². The van der Waals surface area contributed by atoms with Crippen molar-refractivity contribution in [3.63, 3.8) is 0 Å². The van der Waals surface area contributed by atoms with Crippen LogP contribution in [0.25, 0.3) is 22.4 Å². The van der Waals surface area contributed by atoms with Gasteiger partial charge in [-0.3, -0.25) is 19.4 Å². The summed E-state index contributed by atoms with van der Waals surface area (Å²) in [6.45, 7) is 0. The Balaban J connectivity index is 1.56. The van der Waals surface area contributed by atoms with Crippen LogP contribution < -0.4 is 20.9 Å². The lowest BCUT2D eigenvalue weighted by Gasteiger charge is -2.17. The molecule has 1 aliphatic rings. The van der Waals surface area contributed by atoms with Gasteiger partial charge in [0.25, 0.3) is 11.8 Å². The standard InChI is InChI=1S/C26H26N6O4/c1-32-22-10-5-4-8-18(22)30-24(32)16-7-6-9-19(23(16)35-2)29-20-13-21(26(34)28-15-11-12-15)27-14-17(20)25(33)31-36-3/h4-10,13-15H,11-12H2,1-3H3,(H,27,29)(H,28,34)(H,31,33). The Morgan fingerprint density at radius 1 is 1.03 bits per heavy atom. The number of hydrogen-bond donors (Lipinski definition) is 3. The molecule has 1 saturated carbocycles. The van der Waals surface area contributed by atoms with Crippen LogP contribution in [0.2, 0.25) is 0 Å². The summed E-state index contributed by atoms with van der Waals surface area (Å²) < 4.78 is 7.81. The van der Waals surface area contributed by atoms with Gasteiger partial charge in [-0.2, -0.15) is 0 Å². The highest BCUT2D eigenvalue weighted by Gasteiger charge is 2.25. The number of fused-ring (bicyclic) bond motifs is 1. The van der Waals surface area contributed by atoms with Crippen molar-refractivity contribution in [1.29, 1.82) is 0 Å². The summed E-state index contributed by atoms with van der Waals surface area (Å²) in [4.78, 5) is 39.1. The Hall–Kier alpha value is -4.44. The number of rotatable bonds is 8. The highest BCUT2D eigenvalue weighted by Crippen LogP contribution is 2.38. The fourth-order valence-electron chi connectivity index (χ4n) is 4.06. The molecule has 2 aromatic heterocycles. The lowest BCUT2D eigenvalue weighted by molar-refractivity contribution is 0.0538. The van der Waals surface area contributed by atoms with E-state index in [4.69, 9.17) is 14.6 Å². The quantitative estimate of drug-likeness (QED) is 0.326. The molecule has 0 atom stereocenters. The number of carbonyl (C=O) groups is 2. The number of methoxy groups -OCH3 is 1. The van der Waals surface area contributed by atoms with Crippen molar-refractivity contribution in [2.45, 2.75) is 18.9 Å². The van der Waals surface area contributed by atoms with Crippen molar-refractivity contribution in [1.82, 2.24) is 25.3 Å². The molecule has 10 nitrogen and oxygen atoms in total. The first-order valence-electron chi connectivity index (χ1n) is 11.5. The van der Waals surface area contributed by atoms with Gasteiger partial charge in [-0.05, 0) is 43.2 Å². The van der Waals surface area contributed by atoms with Crippen molar-refractivity contribution in [2.75, 3.05) is 19.5 Å². The Labute approximate surface area is 207 Å². The molecular formula is C26H26N6O4. The second-order valence-corrected chi connectivity index (χ2v) is 8.49. The second kappa shape index (κ2) is 9.67. The van der Waals surface area contributed by atoms with Crippen LogP contribution in [0, 0.1) is 0 Å². The van der Waals surface area contributed by atoms with Crippen molar-refractivity contribution in [2.24, 2.45) is 7.05 Å². The maximum absolute atomic E-state index is 12.7. The molecule has 5 rings (SSSR count). The van der Waals surface area contributed by atoms with Crippen molar-refractivity contribution in [3.05, 3.63) is 66.0 Å². The number of nitrogens with one attached hydrogen (secondary N) is 3. The van der Waals surface area contributed by atoms with Gasteiger partial charge in [-0.15, -0.1) is 0 Å². The van der Waals surface area contributed by atoms with E-state index >= 15 is 0 Å². The van der Waals surface area contributed by atoms with Crippen molar-refractivity contribution in [3.8, 4) is 17.1 Å². The van der Waals surface area contributed by atoms with Crippen molar-refractivity contribution < 1.29 is 19.2 Å². The Bertz CT molecular complexity index is 1460. The Kier molecular flexibility index (Phi) is 6.26. The molecule has 184 valence electrons. The number of imidazole rings is 1. The topological polar surface area (TPSA) is 119 Å². The van der Waals surface area contributed by atoms with E-state index in [2.05, 4.69) is 21.1 Å². The number of carbonyl (C=O) groups excluding carboxylic acids is 2. The lowest BCUT2D eigenvalue weighted by atomic mass is 10.1. The third-order valence-corrected chi connectivity index (χ3v) is 6.01. The van der Waals surface area contributed by atoms with E-state index in [1.165, 1.54) is 13.3 Å². The second-order valence-electron chi connectivity index (χ2n) is 8.49. The van der Waals surface area contributed by atoms with Crippen LogP contribution >= 0.6 is 0 Å². The van der Waals surface area contributed by atoms with E-state index in [-0.39, 0.29) is 23.2 Å². The maximum Gasteiger partial charge on any atom is 0.278 e. The molecule has 0 spiro atoms. The van der Waals surface area contributed by atoms with Crippen LogP contribution in [-0.2, 0) is 11.9 Å². The summed E-state index contributed by atoms with van der Waals surface area (Å²) in [5.41, 5.74) is 6.30. The zero-order chi connectivity index (χ0) is 25.2. The molecule has 36 heavy (non-hydrogen) atoms. The number of aryl methyl sites for hydroxylation is 1. The first-order valence-corrected chi connectivity index (χ1v) is 11.5. The molecular weight excluding hydrogens is 460 g/mol. The summed E-state index contributed by atoms with van der Waals surface area (Å²) in [6.07, 6.45) is 3.26. The first kappa shape index (κ1) is 23.3. The number of benzene rings is 2. The number of ether oxygens (including phenoxy) is 1. The van der Waals surface area contributed by atoms with Gasteiger partial charge in [0.05, 0.1) is 47.8 Å². The number of hydrogen-bond acceptors (Lipinski definition) is 7. The molecule has 0 unspecified atom stereocenters. The number of pyridine rings is 1. The highest BCUT2D eigenvalue weighted by molar-refractivity contribution is 6.02. The lowest BCUT2D eigenvalue weighted by Crippen LogP contribution is -2.27. The van der Waals surface area contributed by atoms with Gasteiger partial charge in [0.1, 0.15) is 11.5 Å². The normalized spacial score (nSPS) is 12.9. The molecule has 4 aromatic rings. The predicted octanol–water partition coefficient (Wildman–Crippen LogP) is 3.57. The van der Waals surface area contributed by atoms with E-state index in [9.17, 15) is 9.59 Å². The molecule has 10 heteroatoms. The van der Waals surface area contributed by atoms with Crippen LogP contribution in [0.4, 0.5) is 11.4 Å². The van der Waals surface area contributed by atoms with Crippen molar-refractivity contribution >= 4 is 34.2 Å². The number of hydroxylamine groups is 1. The fraction of sp³-hybridized carbons (Fsp3) is 0.231. The molecule has 1 fully saturated rings. The van der Waals surface area contributed by atoms with Gasteiger partial charge >= 0.3 is 0 Å². The summed E-state index contributed by atoms with van der Waals surface area (Å²) in [5, 5.41) is 6.18. The minimum absolute atomic E-state index is 0.178. The Morgan fingerprint density at radius 2 is 1.83 bits per heavy atom. The summed E-state index contributed by atoms with van der Waals surface area (Å²) in [7, 11) is 4.87. The highest BCUT2D eigenvalue weighted by atomic mass is 16.6. The third kappa shape index (κ3) is 4.46. The summed E-state index contributed by atoms with van der Waals surface area (Å²) >= 11 is 0. The maximum atomic E-state index is 12.7. The number of amides is 2. The number of nitrogens with zero attached hydrogens (tertiary/aromatic N) is 3. The minimum atomic E-state index is -0.507. The van der Waals surface area contributed by atoms with Gasteiger partial charge in [-0.1, -0.05) is 18.2 Å². The third-order valence-electron chi connectivity index (χ3n) is 6.01. The van der Waals surface area contributed by atoms with Gasteiger partial charge in [0, 0.05) is 19.3 Å². The molecule has 0 radical (unpaired) electrons. The molecule has 3 N–H and O–H groups in total. The Morgan fingerprint density at radius 3 is 2.56 bits per heavy atom. The van der Waals surface area contributed by atoms with Crippen LogP contribution in [0.1, 0.15) is 33.7 Å². The average molecular weight is 487 g/mol. The van der Waals surface area contributed by atoms with E-state index < -0.39 is 5.91 Å². The smallest absolute Gasteiger partial charge is 0.278 e. The summed E-state index contributed by atoms with van der Waals surface area (Å²) in [6, 6.07) is 15.2. The number of anilines is 2. The van der Waals surface area contributed by atoms with E-state index in [1.807, 2.05) is 54.1 Å². The monoisotopic (exact) mass is 486 g/mol. The molecule has 2 heterocycles. The van der Waals surface area contributed by atoms with Crippen LogP contribution in [0.5, 0.6) is 5.75 Å². The molecule has 2 aromatic carbocycles. The molecule has 0 bridgehead atoms. The van der Waals surface area contributed by atoms with Gasteiger partial charge in [0.15, 0.2) is 5.75 Å². The van der Waals surface area contributed by atoms with Crippen LogP contribution in [0.15, 0.2) is 54.7 Å². The molecule has 1 aliphatic carbocycles. The van der Waals surface area contributed by atoms with E-state index in [0.29, 0.717) is 17.1 Å². The molecule has 0 saturated heterocycles. The zero-order valence-electron chi connectivity index (χ0n) is 20.2. The zero-order valence-corrected chi connectivity index (χ0v) is 20.2. The fourth-order valence-corrected chi connectivity index (χ4v) is 4.06. The number of aromatic nitrogens is 3. The molecule has 0 aliphatic heterocycles. The summed E-state index contributed by atoms with van der Waals surface area (Å²) in [5.74, 6) is 0.467. The van der Waals surface area contributed by atoms with Gasteiger partial charge < -0.3 is 19.9 Å². The minimum Gasteiger partial charge on any atom is -0.494 e. The van der Waals surface area contributed by atoms with E-state index in [1.54, 1.807) is 13.2 Å². The molecule has 2 amide bonds.